The Kier molecular flexibility index (Phi) is 3.99. The number of hydrogen-bond donors (Lipinski definition) is 0. The molecule has 4 rings (SSSR count). The Morgan fingerprint density at radius 1 is 1.12 bits per heavy atom. The first-order valence-corrected chi connectivity index (χ1v) is 9.09. The van der Waals surface area contributed by atoms with Gasteiger partial charge in [0.2, 0.25) is 12.7 Å². The highest BCUT2D eigenvalue weighted by Crippen LogP contribution is 2.48. The molecular formula is C18H16N2O5S. The van der Waals surface area contributed by atoms with Crippen LogP contribution in [0.15, 0.2) is 30.3 Å². The second kappa shape index (κ2) is 6.21. The lowest BCUT2D eigenvalue weighted by Gasteiger charge is -2.25. The third-order valence-corrected chi connectivity index (χ3v) is 5.53. The number of aryl methyl sites for hydroxylation is 2. The zero-order chi connectivity index (χ0) is 18.4. The van der Waals surface area contributed by atoms with Crippen LogP contribution in [0.3, 0.4) is 0 Å². The molecule has 134 valence electrons. The first kappa shape index (κ1) is 16.7. The standard InChI is InChI=1S/C18H16N2O5S/c1-10-3-11(2)5-12(4-10)19-17(21)8-26-18(19)13-6-15-16(25-9-24-15)7-14(13)20(22)23/h3-7,18H,8-9H2,1-2H3/t18-/m1/s1. The van der Waals surface area contributed by atoms with Crippen molar-refractivity contribution in [2.45, 2.75) is 19.2 Å². The predicted octanol–water partition coefficient (Wildman–Crippen LogP) is 3.72. The highest BCUT2D eigenvalue weighted by atomic mass is 32.2. The largest absolute Gasteiger partial charge is 0.454 e. The number of rotatable bonds is 3. The fraction of sp³-hybridized carbons (Fsp3) is 0.278. The predicted molar refractivity (Wildman–Crippen MR) is 97.8 cm³/mol. The summed E-state index contributed by atoms with van der Waals surface area (Å²) < 4.78 is 10.6. The molecule has 0 spiro atoms. The minimum atomic E-state index is -0.487. The van der Waals surface area contributed by atoms with E-state index in [1.54, 1.807) is 11.0 Å². The van der Waals surface area contributed by atoms with Crippen LogP contribution in [0.2, 0.25) is 0 Å². The summed E-state index contributed by atoms with van der Waals surface area (Å²) in [5.74, 6) is 1.01. The summed E-state index contributed by atoms with van der Waals surface area (Å²) in [4.78, 5) is 25.4. The molecule has 26 heavy (non-hydrogen) atoms. The molecule has 2 aliphatic rings. The second-order valence-corrected chi connectivity index (χ2v) is 7.36. The number of hydrogen-bond acceptors (Lipinski definition) is 6. The summed E-state index contributed by atoms with van der Waals surface area (Å²) in [7, 11) is 0. The van der Waals surface area contributed by atoms with E-state index in [1.165, 1.54) is 17.8 Å². The van der Waals surface area contributed by atoms with Crippen molar-refractivity contribution in [1.82, 2.24) is 0 Å². The van der Waals surface area contributed by atoms with E-state index < -0.39 is 10.3 Å². The van der Waals surface area contributed by atoms with Crippen molar-refractivity contribution in [2.24, 2.45) is 0 Å². The lowest BCUT2D eigenvalue weighted by Crippen LogP contribution is -2.28. The maximum Gasteiger partial charge on any atom is 0.279 e. The van der Waals surface area contributed by atoms with Gasteiger partial charge in [0, 0.05) is 5.69 Å². The van der Waals surface area contributed by atoms with E-state index in [9.17, 15) is 14.9 Å². The molecule has 7 nitrogen and oxygen atoms in total. The van der Waals surface area contributed by atoms with Gasteiger partial charge in [0.15, 0.2) is 11.5 Å². The number of nitrogens with zero attached hydrogens (tertiary/aromatic N) is 2. The van der Waals surface area contributed by atoms with Gasteiger partial charge in [0.25, 0.3) is 5.69 Å². The van der Waals surface area contributed by atoms with Crippen LogP contribution in [0.1, 0.15) is 22.1 Å². The van der Waals surface area contributed by atoms with Gasteiger partial charge in [-0.1, -0.05) is 6.07 Å². The van der Waals surface area contributed by atoms with Crippen molar-refractivity contribution < 1.29 is 19.2 Å². The molecule has 0 unspecified atom stereocenters. The van der Waals surface area contributed by atoms with E-state index in [1.807, 2.05) is 32.0 Å². The lowest BCUT2D eigenvalue weighted by atomic mass is 10.1. The van der Waals surface area contributed by atoms with E-state index in [0.29, 0.717) is 17.1 Å². The molecule has 0 aliphatic carbocycles. The summed E-state index contributed by atoms with van der Waals surface area (Å²) in [5.41, 5.74) is 3.17. The van der Waals surface area contributed by atoms with Gasteiger partial charge in [-0.05, 0) is 43.2 Å². The molecule has 2 aromatic rings. The minimum Gasteiger partial charge on any atom is -0.454 e. The van der Waals surface area contributed by atoms with E-state index in [4.69, 9.17) is 9.47 Å². The molecule has 1 saturated heterocycles. The molecule has 2 heterocycles. The molecule has 1 amide bonds. The van der Waals surface area contributed by atoms with Crippen LogP contribution in [0.25, 0.3) is 0 Å². The number of ether oxygens (including phenoxy) is 2. The number of fused-ring (bicyclic) bond motifs is 1. The Hall–Kier alpha value is -2.74. The molecule has 0 radical (unpaired) electrons. The van der Waals surface area contributed by atoms with Gasteiger partial charge in [-0.3, -0.25) is 19.8 Å². The van der Waals surface area contributed by atoms with E-state index in [-0.39, 0.29) is 24.1 Å². The SMILES string of the molecule is Cc1cc(C)cc(N2C(=O)CS[C@@H]2c2cc3c(cc2[N+](=O)[O-])OCO3)c1. The zero-order valence-corrected chi connectivity index (χ0v) is 15.0. The summed E-state index contributed by atoms with van der Waals surface area (Å²) in [6.45, 7) is 3.96. The monoisotopic (exact) mass is 372 g/mol. The van der Waals surface area contributed by atoms with Crippen molar-refractivity contribution in [3.63, 3.8) is 0 Å². The Balaban J connectivity index is 1.84. The molecule has 0 saturated carbocycles. The van der Waals surface area contributed by atoms with Crippen LogP contribution in [0.5, 0.6) is 11.5 Å². The minimum absolute atomic E-state index is 0.0352. The van der Waals surface area contributed by atoms with Gasteiger partial charge in [0.05, 0.1) is 22.3 Å². The summed E-state index contributed by atoms with van der Waals surface area (Å²) in [6, 6.07) is 8.85. The number of benzene rings is 2. The third kappa shape index (κ3) is 2.76. The van der Waals surface area contributed by atoms with Crippen LogP contribution in [-0.4, -0.2) is 23.4 Å². The van der Waals surface area contributed by atoms with Crippen molar-refractivity contribution in [1.29, 1.82) is 0 Å². The van der Waals surface area contributed by atoms with Crippen molar-refractivity contribution in [3.8, 4) is 11.5 Å². The number of thioether (sulfide) groups is 1. The number of nitro groups is 1. The summed E-state index contributed by atoms with van der Waals surface area (Å²) >= 11 is 1.37. The summed E-state index contributed by atoms with van der Waals surface area (Å²) in [6.07, 6.45) is 0. The molecule has 0 aromatic heterocycles. The average Bonchev–Trinajstić information content (AvgIpc) is 3.18. The van der Waals surface area contributed by atoms with Crippen molar-refractivity contribution in [3.05, 3.63) is 57.1 Å². The van der Waals surface area contributed by atoms with Gasteiger partial charge in [-0.2, -0.15) is 0 Å². The number of anilines is 1. The van der Waals surface area contributed by atoms with E-state index >= 15 is 0 Å². The summed E-state index contributed by atoms with van der Waals surface area (Å²) in [5, 5.41) is 11.1. The number of amides is 1. The van der Waals surface area contributed by atoms with Crippen LogP contribution in [0.4, 0.5) is 11.4 Å². The van der Waals surface area contributed by atoms with Gasteiger partial charge in [-0.25, -0.2) is 0 Å². The van der Waals surface area contributed by atoms with Crippen molar-refractivity contribution >= 4 is 29.0 Å². The first-order valence-electron chi connectivity index (χ1n) is 8.04. The van der Waals surface area contributed by atoms with E-state index in [0.717, 1.165) is 16.8 Å². The maximum atomic E-state index is 12.6. The molecule has 1 atom stereocenters. The molecule has 2 aliphatic heterocycles. The van der Waals surface area contributed by atoms with Gasteiger partial charge >= 0.3 is 0 Å². The highest BCUT2D eigenvalue weighted by molar-refractivity contribution is 8.00. The zero-order valence-electron chi connectivity index (χ0n) is 14.2. The van der Waals surface area contributed by atoms with Gasteiger partial charge in [0.1, 0.15) is 5.37 Å². The maximum absolute atomic E-state index is 12.6. The number of carbonyl (C=O) groups excluding carboxylic acids is 1. The molecule has 1 fully saturated rings. The molecule has 0 N–H and O–H groups in total. The fourth-order valence-corrected chi connectivity index (χ4v) is 4.52. The fourth-order valence-electron chi connectivity index (χ4n) is 3.33. The normalized spacial score (nSPS) is 18.5. The molecule has 8 heteroatoms. The Labute approximate surface area is 154 Å². The second-order valence-electron chi connectivity index (χ2n) is 6.29. The lowest BCUT2D eigenvalue weighted by molar-refractivity contribution is -0.385. The Morgan fingerprint density at radius 2 is 1.77 bits per heavy atom. The van der Waals surface area contributed by atoms with Crippen LogP contribution in [-0.2, 0) is 4.79 Å². The topological polar surface area (TPSA) is 81.9 Å². The van der Waals surface area contributed by atoms with Crippen LogP contribution in [0, 0.1) is 24.0 Å². The Bertz CT molecular complexity index is 910. The van der Waals surface area contributed by atoms with E-state index in [2.05, 4.69) is 0 Å². The highest BCUT2D eigenvalue weighted by Gasteiger charge is 2.39. The molecular weight excluding hydrogens is 356 g/mol. The quantitative estimate of drug-likeness (QED) is 0.603. The third-order valence-electron chi connectivity index (χ3n) is 4.34. The van der Waals surface area contributed by atoms with Gasteiger partial charge in [-0.15, -0.1) is 11.8 Å². The van der Waals surface area contributed by atoms with Gasteiger partial charge < -0.3 is 9.47 Å². The van der Waals surface area contributed by atoms with Crippen LogP contribution >= 0.6 is 11.8 Å². The average molecular weight is 372 g/mol. The van der Waals surface area contributed by atoms with Crippen molar-refractivity contribution in [2.75, 3.05) is 17.4 Å². The van der Waals surface area contributed by atoms with Crippen LogP contribution < -0.4 is 14.4 Å². The smallest absolute Gasteiger partial charge is 0.279 e. The first-order chi connectivity index (χ1) is 12.4. The molecule has 2 aromatic carbocycles. The molecule has 0 bridgehead atoms. The number of carbonyl (C=O) groups is 1. The Morgan fingerprint density at radius 3 is 2.42 bits per heavy atom. The number of nitro benzene ring substituents is 1.